The van der Waals surface area contributed by atoms with Crippen molar-refractivity contribution in [3.8, 4) is 0 Å². The lowest BCUT2D eigenvalue weighted by molar-refractivity contribution is -0.122. The van der Waals surface area contributed by atoms with Gasteiger partial charge in [0.05, 0.1) is 0 Å². The topological polar surface area (TPSA) is 53.2 Å². The van der Waals surface area contributed by atoms with Gasteiger partial charge >= 0.3 is 0 Å². The van der Waals surface area contributed by atoms with E-state index >= 15 is 0 Å². The number of hydrogen-bond acceptors (Lipinski definition) is 2. The highest BCUT2D eigenvalue weighted by Crippen LogP contribution is 2.47. The highest BCUT2D eigenvalue weighted by molar-refractivity contribution is 7.80. The molecule has 3 rings (SSSR count). The van der Waals surface area contributed by atoms with Crippen LogP contribution in [0.25, 0.3) is 0 Å². The Bertz CT molecular complexity index is 749. The minimum absolute atomic E-state index is 0.0444. The highest BCUT2D eigenvalue weighted by Gasteiger charge is 2.43. The summed E-state index contributed by atoms with van der Waals surface area (Å²) in [6.07, 6.45) is 0.826. The van der Waals surface area contributed by atoms with Crippen LogP contribution in [0, 0.1) is 5.92 Å². The molecule has 1 amide bonds. The van der Waals surface area contributed by atoms with Crippen molar-refractivity contribution in [2.75, 3.05) is 5.32 Å². The number of rotatable bonds is 3. The minimum Gasteiger partial charge on any atom is -0.331 e. The third kappa shape index (κ3) is 4.38. The first-order valence-electron chi connectivity index (χ1n) is 7.41. The Morgan fingerprint density at radius 2 is 1.54 bits per heavy atom. The second-order valence-corrected chi connectivity index (χ2v) is 6.86. The van der Waals surface area contributed by atoms with E-state index < -0.39 is 0 Å². The number of amides is 1. The number of nitrogens with one attached hydrogen (secondary N) is 3. The molecule has 7 heteroatoms. The van der Waals surface area contributed by atoms with E-state index in [4.69, 9.17) is 35.4 Å². The number of carbonyl (C=O) groups is 1. The lowest BCUT2D eigenvalue weighted by Crippen LogP contribution is -2.44. The van der Waals surface area contributed by atoms with Crippen LogP contribution in [0.15, 0.2) is 48.5 Å². The maximum absolute atomic E-state index is 12.2. The van der Waals surface area contributed by atoms with Crippen molar-refractivity contribution in [3.63, 3.8) is 0 Å². The summed E-state index contributed by atoms with van der Waals surface area (Å²) in [6, 6.07) is 14.7. The van der Waals surface area contributed by atoms with Crippen molar-refractivity contribution in [1.29, 1.82) is 0 Å². The molecule has 1 fully saturated rings. The monoisotopic (exact) mass is 379 g/mol. The molecule has 0 heterocycles. The van der Waals surface area contributed by atoms with Gasteiger partial charge in [-0.2, -0.15) is 0 Å². The molecule has 0 saturated heterocycles. The zero-order valence-corrected chi connectivity index (χ0v) is 14.9. The van der Waals surface area contributed by atoms with Gasteiger partial charge in [-0.1, -0.05) is 35.3 Å². The maximum Gasteiger partial charge on any atom is 0.242 e. The van der Waals surface area contributed by atoms with Gasteiger partial charge in [0, 0.05) is 21.7 Å². The Kier molecular flexibility index (Phi) is 5.23. The van der Waals surface area contributed by atoms with Crippen LogP contribution in [0.1, 0.15) is 17.9 Å². The van der Waals surface area contributed by atoms with Gasteiger partial charge in [-0.25, -0.2) is 0 Å². The van der Waals surface area contributed by atoms with E-state index in [1.807, 2.05) is 24.3 Å². The number of hydrazine groups is 1. The van der Waals surface area contributed by atoms with Gasteiger partial charge in [0.15, 0.2) is 5.11 Å². The molecule has 3 N–H and O–H groups in total. The molecule has 1 aliphatic carbocycles. The Morgan fingerprint density at radius 1 is 0.958 bits per heavy atom. The third-order valence-electron chi connectivity index (χ3n) is 3.83. The van der Waals surface area contributed by atoms with E-state index in [2.05, 4.69) is 16.2 Å². The van der Waals surface area contributed by atoms with Crippen molar-refractivity contribution in [2.45, 2.75) is 12.3 Å². The van der Waals surface area contributed by atoms with E-state index in [0.29, 0.717) is 15.2 Å². The first-order chi connectivity index (χ1) is 11.5. The molecular weight excluding hydrogens is 365 g/mol. The first-order valence-corrected chi connectivity index (χ1v) is 8.57. The molecule has 0 radical (unpaired) electrons. The van der Waals surface area contributed by atoms with Crippen LogP contribution in [0.2, 0.25) is 10.0 Å². The summed E-state index contributed by atoms with van der Waals surface area (Å²) >= 11 is 16.8. The molecule has 2 aromatic rings. The zero-order valence-electron chi connectivity index (χ0n) is 12.6. The van der Waals surface area contributed by atoms with Crippen molar-refractivity contribution in [1.82, 2.24) is 10.9 Å². The lowest BCUT2D eigenvalue weighted by atomic mass is 10.1. The van der Waals surface area contributed by atoms with E-state index in [1.54, 1.807) is 24.3 Å². The summed E-state index contributed by atoms with van der Waals surface area (Å²) in [5.41, 5.74) is 7.27. The fourth-order valence-corrected chi connectivity index (χ4v) is 2.89. The largest absolute Gasteiger partial charge is 0.331 e. The fourth-order valence-electron chi connectivity index (χ4n) is 2.47. The molecule has 0 aromatic heterocycles. The molecule has 1 aliphatic rings. The summed E-state index contributed by atoms with van der Waals surface area (Å²) in [5, 5.41) is 4.62. The van der Waals surface area contributed by atoms with Gasteiger partial charge in [0.1, 0.15) is 0 Å². The number of thiocarbonyl (C=S) groups is 1. The van der Waals surface area contributed by atoms with Crippen LogP contribution in [-0.4, -0.2) is 11.0 Å². The van der Waals surface area contributed by atoms with Crippen molar-refractivity contribution in [3.05, 3.63) is 64.1 Å². The molecule has 1 saturated carbocycles. The normalized spacial score (nSPS) is 18.6. The summed E-state index contributed by atoms with van der Waals surface area (Å²) in [5.74, 6) is 0.120. The van der Waals surface area contributed by atoms with E-state index in [-0.39, 0.29) is 17.7 Å². The Morgan fingerprint density at radius 3 is 2.17 bits per heavy atom. The summed E-state index contributed by atoms with van der Waals surface area (Å²) in [4.78, 5) is 12.2. The van der Waals surface area contributed by atoms with E-state index in [1.165, 1.54) is 0 Å². The number of carbonyl (C=O) groups excluding carboxylic acids is 1. The van der Waals surface area contributed by atoms with Crippen LogP contribution in [0.4, 0.5) is 5.69 Å². The molecule has 4 nitrogen and oxygen atoms in total. The molecule has 2 atom stereocenters. The molecule has 24 heavy (non-hydrogen) atoms. The maximum atomic E-state index is 12.2. The smallest absolute Gasteiger partial charge is 0.242 e. The van der Waals surface area contributed by atoms with Crippen LogP contribution in [0.3, 0.4) is 0 Å². The van der Waals surface area contributed by atoms with Crippen molar-refractivity contribution >= 4 is 52.1 Å². The molecule has 2 aromatic carbocycles. The van der Waals surface area contributed by atoms with Crippen LogP contribution < -0.4 is 16.2 Å². The second kappa shape index (κ2) is 7.38. The first kappa shape index (κ1) is 17.0. The summed E-state index contributed by atoms with van der Waals surface area (Å²) in [7, 11) is 0. The molecule has 0 bridgehead atoms. The van der Waals surface area contributed by atoms with Gasteiger partial charge in [-0.15, -0.1) is 0 Å². The fraction of sp³-hybridized carbons (Fsp3) is 0.176. The van der Waals surface area contributed by atoms with Crippen LogP contribution in [0.5, 0.6) is 0 Å². The van der Waals surface area contributed by atoms with E-state index in [0.717, 1.165) is 17.7 Å². The van der Waals surface area contributed by atoms with Crippen molar-refractivity contribution in [2.24, 2.45) is 5.92 Å². The average Bonchev–Trinajstić information content (AvgIpc) is 3.36. The quantitative estimate of drug-likeness (QED) is 0.554. The minimum atomic E-state index is -0.0739. The summed E-state index contributed by atoms with van der Waals surface area (Å²) in [6.45, 7) is 0. The molecule has 124 valence electrons. The number of anilines is 1. The van der Waals surface area contributed by atoms with Crippen molar-refractivity contribution < 1.29 is 4.79 Å². The second-order valence-electron chi connectivity index (χ2n) is 5.58. The predicted molar refractivity (Wildman–Crippen MR) is 101 cm³/mol. The highest BCUT2D eigenvalue weighted by atomic mass is 35.5. The SMILES string of the molecule is O=C(NNC(=S)Nc1ccc(Cl)cc1)C1CC1c1ccc(Cl)cc1. The zero-order chi connectivity index (χ0) is 17.1. The Labute approximate surface area is 155 Å². The van der Waals surface area contributed by atoms with Gasteiger partial charge in [0.25, 0.3) is 0 Å². The summed E-state index contributed by atoms with van der Waals surface area (Å²) < 4.78 is 0. The predicted octanol–water partition coefficient (Wildman–Crippen LogP) is 4.11. The van der Waals surface area contributed by atoms with Crippen LogP contribution >= 0.6 is 35.4 Å². The van der Waals surface area contributed by atoms with Gasteiger partial charge in [-0.05, 0) is 66.5 Å². The van der Waals surface area contributed by atoms with E-state index in [9.17, 15) is 4.79 Å². The van der Waals surface area contributed by atoms with Crippen LogP contribution in [-0.2, 0) is 4.79 Å². The average molecular weight is 380 g/mol. The van der Waals surface area contributed by atoms with Gasteiger partial charge in [0.2, 0.25) is 5.91 Å². The third-order valence-corrected chi connectivity index (χ3v) is 4.53. The number of hydrogen-bond donors (Lipinski definition) is 3. The number of benzene rings is 2. The number of halogens is 2. The molecule has 2 unspecified atom stereocenters. The molecule has 0 aliphatic heterocycles. The lowest BCUT2D eigenvalue weighted by Gasteiger charge is -2.11. The standard InChI is InChI=1S/C17H15Cl2N3OS/c18-11-3-1-10(2-4-11)14-9-15(14)16(23)21-22-17(24)20-13-7-5-12(19)6-8-13/h1-8,14-15H,9H2,(H,21,23)(H2,20,22,24). The van der Waals surface area contributed by atoms with Gasteiger partial charge in [-0.3, -0.25) is 15.6 Å². The Balaban J connectivity index is 1.45. The Hall–Kier alpha value is -1.82. The van der Waals surface area contributed by atoms with Gasteiger partial charge < -0.3 is 5.32 Å². The molecular formula is C17H15Cl2N3OS. The molecule has 0 spiro atoms.